The zero-order chi connectivity index (χ0) is 13.9. The molecule has 9 heteroatoms. The predicted molar refractivity (Wildman–Crippen MR) is 45.2 cm³/mol. The highest BCUT2D eigenvalue weighted by Crippen LogP contribution is 2.29. The van der Waals surface area contributed by atoms with Crippen LogP contribution in [0.25, 0.3) is 0 Å². The zero-order valence-corrected chi connectivity index (χ0v) is 8.43. The summed E-state index contributed by atoms with van der Waals surface area (Å²) in [6.45, 7) is 0. The number of rotatable bonds is 3. The van der Waals surface area contributed by atoms with Crippen LogP contribution in [0, 0.1) is 17.1 Å². The predicted octanol–water partition coefficient (Wildman–Crippen LogP) is 3.12. The van der Waals surface area contributed by atoms with Gasteiger partial charge in [0.15, 0.2) is 5.82 Å². The molecule has 3 nitrogen and oxygen atoms in total. The van der Waals surface area contributed by atoms with Crippen LogP contribution in [0.2, 0.25) is 0 Å². The lowest BCUT2D eigenvalue weighted by molar-refractivity contribution is -0.276. The molecule has 0 spiro atoms. The fraction of sp³-hybridized carbons (Fsp3) is 0.333. The Morgan fingerprint density at radius 3 is 2.44 bits per heavy atom. The highest BCUT2D eigenvalue weighted by molar-refractivity contribution is 5.32. The van der Waals surface area contributed by atoms with Gasteiger partial charge in [0.05, 0.1) is 12.5 Å². The number of halogens is 6. The molecule has 18 heavy (non-hydrogen) atoms. The van der Waals surface area contributed by atoms with E-state index in [2.05, 4.69) is 9.72 Å². The highest BCUT2D eigenvalue weighted by atomic mass is 19.4. The van der Waals surface area contributed by atoms with E-state index in [0.717, 1.165) is 0 Å². The van der Waals surface area contributed by atoms with Gasteiger partial charge in [-0.2, -0.15) is 5.26 Å². The summed E-state index contributed by atoms with van der Waals surface area (Å²) in [5.41, 5.74) is -2.02. The summed E-state index contributed by atoms with van der Waals surface area (Å²) in [4.78, 5) is 2.76. The number of hydrogen-bond donors (Lipinski definition) is 0. The number of nitrogens with zero attached hydrogens (tertiary/aromatic N) is 2. The fourth-order valence-corrected chi connectivity index (χ4v) is 1.09. The normalized spacial score (nSPS) is 11.4. The number of ether oxygens (including phenoxy) is 1. The van der Waals surface area contributed by atoms with E-state index in [4.69, 9.17) is 5.26 Å². The van der Waals surface area contributed by atoms with Crippen molar-refractivity contribution in [2.45, 2.75) is 19.2 Å². The maximum absolute atomic E-state index is 13.0. The van der Waals surface area contributed by atoms with Crippen LogP contribution in [0.15, 0.2) is 6.07 Å². The van der Waals surface area contributed by atoms with Gasteiger partial charge < -0.3 is 4.74 Å². The van der Waals surface area contributed by atoms with Crippen LogP contribution in [0.1, 0.15) is 17.7 Å². The van der Waals surface area contributed by atoms with Crippen molar-refractivity contribution in [3.05, 3.63) is 23.1 Å². The lowest BCUT2D eigenvalue weighted by atomic mass is 10.2. The summed E-state index contributed by atoms with van der Waals surface area (Å²) >= 11 is 0. The Bertz CT molecular complexity index is 479. The van der Waals surface area contributed by atoms with Crippen molar-refractivity contribution in [1.29, 1.82) is 5.26 Å². The molecule has 0 radical (unpaired) electrons. The molecule has 1 rings (SSSR count). The number of aromatic nitrogens is 1. The second-order valence-electron chi connectivity index (χ2n) is 3.00. The Labute approximate surface area is 96.6 Å². The quantitative estimate of drug-likeness (QED) is 0.793. The Morgan fingerprint density at radius 1 is 1.39 bits per heavy atom. The summed E-state index contributed by atoms with van der Waals surface area (Å²) in [6.07, 6.45) is -9.22. The largest absolute Gasteiger partial charge is 0.574 e. The third-order valence-corrected chi connectivity index (χ3v) is 1.73. The van der Waals surface area contributed by atoms with Crippen LogP contribution in [0.3, 0.4) is 0 Å². The molecular formula is C9H4F6N2O. The van der Waals surface area contributed by atoms with Crippen LogP contribution in [0.4, 0.5) is 26.3 Å². The maximum Gasteiger partial charge on any atom is 0.574 e. The molecular weight excluding hydrogens is 266 g/mol. The molecule has 0 aliphatic rings. The van der Waals surface area contributed by atoms with Crippen molar-refractivity contribution in [1.82, 2.24) is 4.98 Å². The standard InChI is InChI=1S/C9H4F6N2O/c10-5-3-4(1-2-16)8(18-9(13,14)15)17-6(5)7(11)12/h3,7H,1H2. The molecule has 0 fully saturated rings. The van der Waals surface area contributed by atoms with E-state index in [0.29, 0.717) is 6.07 Å². The van der Waals surface area contributed by atoms with E-state index in [-0.39, 0.29) is 0 Å². The van der Waals surface area contributed by atoms with Gasteiger partial charge in [-0.1, -0.05) is 0 Å². The number of nitriles is 1. The van der Waals surface area contributed by atoms with Crippen LogP contribution in [0.5, 0.6) is 5.88 Å². The maximum atomic E-state index is 13.0. The molecule has 0 unspecified atom stereocenters. The van der Waals surface area contributed by atoms with Crippen molar-refractivity contribution < 1.29 is 31.1 Å². The fourth-order valence-electron chi connectivity index (χ4n) is 1.09. The van der Waals surface area contributed by atoms with Gasteiger partial charge in [-0.25, -0.2) is 18.2 Å². The molecule has 0 aliphatic heterocycles. The first-order chi connectivity index (χ1) is 8.24. The molecule has 0 amide bonds. The summed E-state index contributed by atoms with van der Waals surface area (Å²) < 4.78 is 76.8. The van der Waals surface area contributed by atoms with Crippen LogP contribution >= 0.6 is 0 Å². The SMILES string of the molecule is N#CCc1cc(F)c(C(F)F)nc1OC(F)(F)F. The molecule has 0 saturated carbocycles. The smallest absolute Gasteiger partial charge is 0.388 e. The Hall–Kier alpha value is -1.98. The summed E-state index contributed by atoms with van der Waals surface area (Å²) in [7, 11) is 0. The first-order valence-electron chi connectivity index (χ1n) is 4.34. The first kappa shape index (κ1) is 14.1. The Morgan fingerprint density at radius 2 is 2.00 bits per heavy atom. The van der Waals surface area contributed by atoms with Crippen LogP contribution < -0.4 is 4.74 Å². The van der Waals surface area contributed by atoms with E-state index < -0.39 is 42.2 Å². The second-order valence-corrected chi connectivity index (χ2v) is 3.00. The molecule has 0 saturated heterocycles. The molecule has 0 aromatic carbocycles. The minimum Gasteiger partial charge on any atom is -0.388 e. The lowest BCUT2D eigenvalue weighted by Gasteiger charge is -2.12. The minimum absolute atomic E-state index is 0.374. The molecule has 0 atom stereocenters. The zero-order valence-electron chi connectivity index (χ0n) is 8.43. The summed E-state index contributed by atoms with van der Waals surface area (Å²) in [6, 6.07) is 1.82. The van der Waals surface area contributed by atoms with Gasteiger partial charge in [0.1, 0.15) is 5.69 Å². The number of pyridine rings is 1. The van der Waals surface area contributed by atoms with E-state index >= 15 is 0 Å². The van der Waals surface area contributed by atoms with Crippen LogP contribution in [-0.2, 0) is 6.42 Å². The third-order valence-electron chi connectivity index (χ3n) is 1.73. The Balaban J connectivity index is 3.27. The number of alkyl halides is 5. The molecule has 1 aromatic heterocycles. The first-order valence-corrected chi connectivity index (χ1v) is 4.34. The molecule has 98 valence electrons. The Kier molecular flexibility index (Phi) is 4.00. The van der Waals surface area contributed by atoms with Crippen molar-refractivity contribution >= 4 is 0 Å². The van der Waals surface area contributed by atoms with Crippen molar-refractivity contribution in [3.8, 4) is 11.9 Å². The topological polar surface area (TPSA) is 45.9 Å². The van der Waals surface area contributed by atoms with Gasteiger partial charge >= 0.3 is 6.36 Å². The molecule has 0 bridgehead atoms. The van der Waals surface area contributed by atoms with Crippen LogP contribution in [-0.4, -0.2) is 11.3 Å². The van der Waals surface area contributed by atoms with E-state index in [1.807, 2.05) is 0 Å². The summed E-state index contributed by atoms with van der Waals surface area (Å²) in [5, 5.41) is 8.33. The van der Waals surface area contributed by atoms with Gasteiger partial charge in [-0.05, 0) is 6.07 Å². The lowest BCUT2D eigenvalue weighted by Crippen LogP contribution is -2.20. The van der Waals surface area contributed by atoms with Gasteiger partial charge in [-0.3, -0.25) is 0 Å². The summed E-state index contributed by atoms with van der Waals surface area (Å²) in [5.74, 6) is -2.74. The van der Waals surface area contributed by atoms with Gasteiger partial charge in [0.25, 0.3) is 6.43 Å². The third kappa shape index (κ3) is 3.51. The van der Waals surface area contributed by atoms with Gasteiger partial charge in [0, 0.05) is 5.56 Å². The van der Waals surface area contributed by atoms with Crippen molar-refractivity contribution in [2.75, 3.05) is 0 Å². The monoisotopic (exact) mass is 270 g/mol. The molecule has 0 aliphatic carbocycles. The highest BCUT2D eigenvalue weighted by Gasteiger charge is 2.34. The van der Waals surface area contributed by atoms with E-state index in [9.17, 15) is 26.3 Å². The van der Waals surface area contributed by atoms with Crippen molar-refractivity contribution in [2.24, 2.45) is 0 Å². The average Bonchev–Trinajstić information content (AvgIpc) is 2.19. The second kappa shape index (κ2) is 5.12. The van der Waals surface area contributed by atoms with Crippen molar-refractivity contribution in [3.63, 3.8) is 0 Å². The molecule has 0 N–H and O–H groups in total. The average molecular weight is 270 g/mol. The minimum atomic E-state index is -5.17. The number of hydrogen-bond acceptors (Lipinski definition) is 3. The van der Waals surface area contributed by atoms with E-state index in [1.165, 1.54) is 6.07 Å². The molecule has 1 heterocycles. The molecule has 1 aromatic rings. The van der Waals surface area contributed by atoms with Gasteiger partial charge in [0.2, 0.25) is 5.88 Å². The van der Waals surface area contributed by atoms with E-state index in [1.54, 1.807) is 0 Å². The van der Waals surface area contributed by atoms with Gasteiger partial charge in [-0.15, -0.1) is 13.2 Å².